The standard InChI is InChI=1S/C12H15BrN4O2S/c1-8(11(18)19)5-16(2)12-14-4-10(20-12)7-17-6-9(13)3-15-17/h3-4,6,8H,5,7H2,1-2H3,(H,18,19). The summed E-state index contributed by atoms with van der Waals surface area (Å²) in [6.45, 7) is 2.79. The maximum atomic E-state index is 10.9. The molecule has 6 nitrogen and oxygen atoms in total. The maximum Gasteiger partial charge on any atom is 0.308 e. The normalized spacial score (nSPS) is 12.3. The minimum atomic E-state index is -0.796. The molecule has 0 bridgehead atoms. The summed E-state index contributed by atoms with van der Waals surface area (Å²) in [6.07, 6.45) is 5.44. The van der Waals surface area contributed by atoms with Gasteiger partial charge in [0.25, 0.3) is 0 Å². The quantitative estimate of drug-likeness (QED) is 0.857. The molecule has 0 saturated carbocycles. The zero-order valence-corrected chi connectivity index (χ0v) is 13.6. The first-order valence-electron chi connectivity index (χ1n) is 6.02. The SMILES string of the molecule is CC(CN(C)c1ncc(Cn2cc(Br)cn2)s1)C(=O)O. The molecule has 0 aromatic carbocycles. The van der Waals surface area contributed by atoms with Gasteiger partial charge >= 0.3 is 5.97 Å². The number of carbonyl (C=O) groups is 1. The Bertz CT molecular complexity index is 598. The molecular weight excluding hydrogens is 344 g/mol. The number of carboxylic acids is 1. The van der Waals surface area contributed by atoms with Crippen LogP contribution in [0, 0.1) is 5.92 Å². The van der Waals surface area contributed by atoms with Gasteiger partial charge in [0.1, 0.15) is 0 Å². The van der Waals surface area contributed by atoms with E-state index in [0.29, 0.717) is 13.1 Å². The molecule has 0 radical (unpaired) electrons. The predicted octanol–water partition coefficient (Wildman–Crippen LogP) is 2.31. The molecule has 2 rings (SSSR count). The van der Waals surface area contributed by atoms with Crippen molar-refractivity contribution in [2.75, 3.05) is 18.5 Å². The van der Waals surface area contributed by atoms with Crippen LogP contribution in [0.5, 0.6) is 0 Å². The molecule has 2 heterocycles. The predicted molar refractivity (Wildman–Crippen MR) is 81.2 cm³/mol. The van der Waals surface area contributed by atoms with Crippen molar-refractivity contribution in [3.05, 3.63) is 27.9 Å². The molecule has 0 aliphatic carbocycles. The Morgan fingerprint density at radius 3 is 2.95 bits per heavy atom. The zero-order chi connectivity index (χ0) is 14.7. The van der Waals surface area contributed by atoms with Crippen LogP contribution in [-0.4, -0.2) is 39.4 Å². The largest absolute Gasteiger partial charge is 0.481 e. The summed E-state index contributed by atoms with van der Waals surface area (Å²) in [5.41, 5.74) is 0. The second kappa shape index (κ2) is 6.36. The van der Waals surface area contributed by atoms with Crippen molar-refractivity contribution >= 4 is 38.4 Å². The van der Waals surface area contributed by atoms with Gasteiger partial charge in [0.2, 0.25) is 0 Å². The summed E-state index contributed by atoms with van der Waals surface area (Å²) >= 11 is 4.90. The number of thiazole rings is 1. The molecule has 108 valence electrons. The van der Waals surface area contributed by atoms with Gasteiger partial charge in [-0.1, -0.05) is 18.3 Å². The van der Waals surface area contributed by atoms with Gasteiger partial charge < -0.3 is 10.0 Å². The number of carboxylic acid groups (broad SMARTS) is 1. The van der Waals surface area contributed by atoms with Gasteiger partial charge in [-0.2, -0.15) is 5.10 Å². The van der Waals surface area contributed by atoms with Gasteiger partial charge in [0.05, 0.1) is 23.1 Å². The Hall–Kier alpha value is -1.41. The number of halogens is 1. The van der Waals surface area contributed by atoms with Crippen LogP contribution in [-0.2, 0) is 11.3 Å². The molecule has 2 aromatic heterocycles. The Balaban J connectivity index is 1.99. The summed E-state index contributed by atoms with van der Waals surface area (Å²) in [6, 6.07) is 0. The second-order valence-electron chi connectivity index (χ2n) is 4.59. The first kappa shape index (κ1) is 15.0. The Kier molecular flexibility index (Phi) is 4.77. The first-order valence-corrected chi connectivity index (χ1v) is 7.63. The summed E-state index contributed by atoms with van der Waals surface area (Å²) in [5, 5.41) is 13.9. The third kappa shape index (κ3) is 3.80. The number of hydrogen-bond acceptors (Lipinski definition) is 5. The van der Waals surface area contributed by atoms with Crippen molar-refractivity contribution in [2.24, 2.45) is 5.92 Å². The van der Waals surface area contributed by atoms with Crippen LogP contribution in [0.4, 0.5) is 5.13 Å². The molecule has 20 heavy (non-hydrogen) atoms. The van der Waals surface area contributed by atoms with E-state index in [1.807, 2.05) is 22.8 Å². The van der Waals surface area contributed by atoms with Gasteiger partial charge in [-0.3, -0.25) is 9.48 Å². The Morgan fingerprint density at radius 2 is 2.35 bits per heavy atom. The summed E-state index contributed by atoms with van der Waals surface area (Å²) in [5.74, 6) is -1.22. The third-order valence-corrected chi connectivity index (χ3v) is 4.26. The highest BCUT2D eigenvalue weighted by Gasteiger charge is 2.16. The monoisotopic (exact) mass is 358 g/mol. The van der Waals surface area contributed by atoms with E-state index in [1.54, 1.807) is 30.7 Å². The summed E-state index contributed by atoms with van der Waals surface area (Å²) in [4.78, 5) is 18.1. The van der Waals surface area contributed by atoms with E-state index in [2.05, 4.69) is 26.0 Å². The lowest BCUT2D eigenvalue weighted by Crippen LogP contribution is -2.28. The molecule has 0 spiro atoms. The molecule has 0 fully saturated rings. The van der Waals surface area contributed by atoms with E-state index in [4.69, 9.17) is 5.11 Å². The highest BCUT2D eigenvalue weighted by molar-refractivity contribution is 9.10. The lowest BCUT2D eigenvalue weighted by atomic mass is 10.2. The van der Waals surface area contributed by atoms with E-state index < -0.39 is 11.9 Å². The number of nitrogens with zero attached hydrogens (tertiary/aromatic N) is 4. The van der Waals surface area contributed by atoms with Crippen LogP contribution in [0.15, 0.2) is 23.1 Å². The van der Waals surface area contributed by atoms with E-state index in [9.17, 15) is 4.79 Å². The Labute approximate surface area is 129 Å². The highest BCUT2D eigenvalue weighted by Crippen LogP contribution is 2.23. The molecule has 0 aliphatic heterocycles. The first-order chi connectivity index (χ1) is 9.45. The average molecular weight is 359 g/mol. The molecular formula is C12H15BrN4O2S. The number of hydrogen-bond donors (Lipinski definition) is 1. The maximum absolute atomic E-state index is 10.9. The van der Waals surface area contributed by atoms with Crippen LogP contribution in [0.25, 0.3) is 0 Å². The van der Waals surface area contributed by atoms with Gasteiger partial charge in [0.15, 0.2) is 5.13 Å². The van der Waals surface area contributed by atoms with Crippen LogP contribution in [0.2, 0.25) is 0 Å². The average Bonchev–Trinajstić information content (AvgIpc) is 2.99. The fourth-order valence-corrected chi connectivity index (χ4v) is 2.90. The number of aliphatic carboxylic acids is 1. The minimum absolute atomic E-state index is 0.422. The number of aromatic nitrogens is 3. The molecule has 0 amide bonds. The van der Waals surface area contributed by atoms with Crippen molar-refractivity contribution in [3.8, 4) is 0 Å². The Morgan fingerprint density at radius 1 is 1.60 bits per heavy atom. The van der Waals surface area contributed by atoms with Crippen molar-refractivity contribution < 1.29 is 9.90 Å². The third-order valence-electron chi connectivity index (χ3n) is 2.76. The lowest BCUT2D eigenvalue weighted by molar-refractivity contribution is -0.140. The molecule has 8 heteroatoms. The van der Waals surface area contributed by atoms with Gasteiger partial charge in [0, 0.05) is 30.9 Å². The van der Waals surface area contributed by atoms with Gasteiger partial charge in [-0.25, -0.2) is 4.98 Å². The van der Waals surface area contributed by atoms with Crippen LogP contribution >= 0.6 is 27.3 Å². The van der Waals surface area contributed by atoms with Gasteiger partial charge in [-0.05, 0) is 15.9 Å². The lowest BCUT2D eigenvalue weighted by Gasteiger charge is -2.17. The van der Waals surface area contributed by atoms with Crippen LogP contribution < -0.4 is 4.90 Å². The van der Waals surface area contributed by atoms with E-state index in [1.165, 1.54) is 0 Å². The molecule has 2 aromatic rings. The fourth-order valence-electron chi connectivity index (χ4n) is 1.70. The van der Waals surface area contributed by atoms with Crippen molar-refractivity contribution in [2.45, 2.75) is 13.5 Å². The topological polar surface area (TPSA) is 71.2 Å². The number of rotatable bonds is 6. The van der Waals surface area contributed by atoms with E-state index in [-0.39, 0.29) is 0 Å². The molecule has 0 saturated heterocycles. The highest BCUT2D eigenvalue weighted by atomic mass is 79.9. The van der Waals surface area contributed by atoms with Crippen molar-refractivity contribution in [1.29, 1.82) is 0 Å². The molecule has 0 aliphatic rings. The number of anilines is 1. The fraction of sp³-hybridized carbons (Fsp3) is 0.417. The van der Waals surface area contributed by atoms with Crippen molar-refractivity contribution in [3.63, 3.8) is 0 Å². The van der Waals surface area contributed by atoms with E-state index in [0.717, 1.165) is 14.5 Å². The van der Waals surface area contributed by atoms with Crippen LogP contribution in [0.3, 0.4) is 0 Å². The molecule has 1 N–H and O–H groups in total. The molecule has 1 unspecified atom stereocenters. The second-order valence-corrected chi connectivity index (χ2v) is 6.59. The van der Waals surface area contributed by atoms with Gasteiger partial charge in [-0.15, -0.1) is 0 Å². The smallest absolute Gasteiger partial charge is 0.308 e. The molecule has 1 atom stereocenters. The minimum Gasteiger partial charge on any atom is -0.481 e. The van der Waals surface area contributed by atoms with E-state index >= 15 is 0 Å². The summed E-state index contributed by atoms with van der Waals surface area (Å²) in [7, 11) is 1.85. The summed E-state index contributed by atoms with van der Waals surface area (Å²) < 4.78 is 2.76. The zero-order valence-electron chi connectivity index (χ0n) is 11.2. The van der Waals surface area contributed by atoms with Crippen molar-refractivity contribution in [1.82, 2.24) is 14.8 Å². The van der Waals surface area contributed by atoms with Crippen LogP contribution in [0.1, 0.15) is 11.8 Å².